The number of nitro benzene ring substituents is 1. The van der Waals surface area contributed by atoms with Crippen LogP contribution in [0.3, 0.4) is 0 Å². The van der Waals surface area contributed by atoms with Gasteiger partial charge in [0.15, 0.2) is 0 Å². The number of nitro groups is 1. The van der Waals surface area contributed by atoms with Gasteiger partial charge in [-0.05, 0) is 18.6 Å². The zero-order valence-electron chi connectivity index (χ0n) is 13.6. The molecular formula is C16H16ClN3O5. The molecule has 1 N–H and O–H groups in total. The summed E-state index contributed by atoms with van der Waals surface area (Å²) in [5.74, 6) is -0.644. The van der Waals surface area contributed by atoms with E-state index >= 15 is 0 Å². The normalized spacial score (nSPS) is 17.2. The Kier molecular flexibility index (Phi) is 5.43. The summed E-state index contributed by atoms with van der Waals surface area (Å²) in [6, 6.07) is 2.75. The quantitative estimate of drug-likeness (QED) is 0.374. The molecule has 1 aromatic carbocycles. The smallest absolute Gasteiger partial charge is 0.337 e. The average molecular weight is 366 g/mol. The number of urea groups is 1. The molecule has 2 rings (SSSR count). The summed E-state index contributed by atoms with van der Waals surface area (Å²) in [4.78, 5) is 36.4. The Morgan fingerprint density at radius 2 is 2.24 bits per heavy atom. The molecule has 0 saturated carbocycles. The Bertz CT molecular complexity index is 790. The van der Waals surface area contributed by atoms with Gasteiger partial charge in [0.05, 0.1) is 23.6 Å². The van der Waals surface area contributed by atoms with Crippen LogP contribution in [0.1, 0.15) is 18.5 Å². The molecule has 1 aliphatic rings. The molecule has 8 nitrogen and oxygen atoms in total. The van der Waals surface area contributed by atoms with Crippen molar-refractivity contribution in [3.05, 3.63) is 62.8 Å². The van der Waals surface area contributed by atoms with Gasteiger partial charge in [-0.15, -0.1) is 6.58 Å². The molecule has 25 heavy (non-hydrogen) atoms. The topological polar surface area (TPSA) is 102 Å². The van der Waals surface area contributed by atoms with Crippen molar-refractivity contribution >= 4 is 29.3 Å². The number of hydrogen-bond acceptors (Lipinski definition) is 5. The van der Waals surface area contributed by atoms with E-state index in [1.807, 2.05) is 0 Å². The van der Waals surface area contributed by atoms with Gasteiger partial charge in [0.1, 0.15) is 5.02 Å². The maximum Gasteiger partial charge on any atom is 0.337 e. The van der Waals surface area contributed by atoms with E-state index in [1.165, 1.54) is 36.3 Å². The van der Waals surface area contributed by atoms with Crippen molar-refractivity contribution in [1.29, 1.82) is 0 Å². The second-order valence-electron chi connectivity index (χ2n) is 5.24. The van der Waals surface area contributed by atoms with Crippen LogP contribution in [0.15, 0.2) is 42.1 Å². The summed E-state index contributed by atoms with van der Waals surface area (Å²) in [6.07, 6.45) is 1.52. The first kappa shape index (κ1) is 18.5. The van der Waals surface area contributed by atoms with Crippen molar-refractivity contribution in [3.8, 4) is 0 Å². The first-order valence-electron chi connectivity index (χ1n) is 7.23. The van der Waals surface area contributed by atoms with E-state index in [9.17, 15) is 19.7 Å². The van der Waals surface area contributed by atoms with E-state index in [1.54, 1.807) is 6.92 Å². The number of halogens is 1. The van der Waals surface area contributed by atoms with Gasteiger partial charge >= 0.3 is 12.0 Å². The molecule has 0 spiro atoms. The summed E-state index contributed by atoms with van der Waals surface area (Å²) in [5.41, 5.74) is 0.602. The Morgan fingerprint density at radius 3 is 2.80 bits per heavy atom. The van der Waals surface area contributed by atoms with Crippen LogP contribution in [-0.4, -0.2) is 35.5 Å². The standard InChI is InChI=1S/C16H16ClN3O5/c1-4-7-19-9(2)13(15(21)25-3)14(18-16(19)22)10-5-6-11(17)12(8-10)20(23)24/h4-6,8,14H,1,7H2,2-3H3,(H,18,22). The van der Waals surface area contributed by atoms with Crippen LogP contribution in [0.5, 0.6) is 0 Å². The number of esters is 1. The number of ether oxygens (including phenoxy) is 1. The first-order chi connectivity index (χ1) is 11.8. The van der Waals surface area contributed by atoms with Crippen molar-refractivity contribution < 1.29 is 19.2 Å². The Hall–Kier alpha value is -2.87. The van der Waals surface area contributed by atoms with Crippen LogP contribution >= 0.6 is 11.6 Å². The van der Waals surface area contributed by atoms with E-state index < -0.39 is 23.0 Å². The predicted octanol–water partition coefficient (Wildman–Crippen LogP) is 2.95. The van der Waals surface area contributed by atoms with E-state index in [0.717, 1.165) is 0 Å². The molecule has 132 valence electrons. The van der Waals surface area contributed by atoms with Crippen LogP contribution < -0.4 is 5.32 Å². The fourth-order valence-corrected chi connectivity index (χ4v) is 2.79. The number of nitrogens with zero attached hydrogens (tertiary/aromatic N) is 2. The van der Waals surface area contributed by atoms with Crippen LogP contribution in [0.4, 0.5) is 10.5 Å². The minimum absolute atomic E-state index is 0.0375. The highest BCUT2D eigenvalue weighted by Crippen LogP contribution is 2.34. The van der Waals surface area contributed by atoms with Crippen LogP contribution in [0.25, 0.3) is 0 Å². The minimum Gasteiger partial charge on any atom is -0.466 e. The molecule has 0 radical (unpaired) electrons. The molecule has 1 heterocycles. The Balaban J connectivity index is 2.61. The van der Waals surface area contributed by atoms with E-state index in [0.29, 0.717) is 11.3 Å². The summed E-state index contributed by atoms with van der Waals surface area (Å²) in [6.45, 7) is 5.38. The maximum atomic E-state index is 12.3. The number of allylic oxidation sites excluding steroid dienone is 1. The highest BCUT2D eigenvalue weighted by Gasteiger charge is 2.36. The third-order valence-corrected chi connectivity index (χ3v) is 4.13. The van der Waals surface area contributed by atoms with Crippen molar-refractivity contribution in [1.82, 2.24) is 10.2 Å². The largest absolute Gasteiger partial charge is 0.466 e. The van der Waals surface area contributed by atoms with Gasteiger partial charge < -0.3 is 10.1 Å². The SMILES string of the molecule is C=CCN1C(=O)NC(c2ccc(Cl)c([N+](=O)[O-])c2)C(C(=O)OC)=C1C. The lowest BCUT2D eigenvalue weighted by Gasteiger charge is -2.34. The molecule has 0 fully saturated rings. The minimum atomic E-state index is -0.892. The molecule has 1 aliphatic heterocycles. The summed E-state index contributed by atoms with van der Waals surface area (Å²) in [5, 5.41) is 13.7. The molecule has 9 heteroatoms. The summed E-state index contributed by atoms with van der Waals surface area (Å²) < 4.78 is 4.81. The third kappa shape index (κ3) is 3.48. The molecule has 1 aromatic rings. The lowest BCUT2D eigenvalue weighted by molar-refractivity contribution is -0.384. The monoisotopic (exact) mass is 365 g/mol. The molecule has 0 saturated heterocycles. The van der Waals surface area contributed by atoms with E-state index in [-0.39, 0.29) is 22.8 Å². The van der Waals surface area contributed by atoms with E-state index in [4.69, 9.17) is 16.3 Å². The highest BCUT2D eigenvalue weighted by molar-refractivity contribution is 6.32. The highest BCUT2D eigenvalue weighted by atomic mass is 35.5. The van der Waals surface area contributed by atoms with Gasteiger partial charge in [0, 0.05) is 18.3 Å². The number of hydrogen-bond donors (Lipinski definition) is 1. The maximum absolute atomic E-state index is 12.3. The van der Waals surface area contributed by atoms with Crippen LogP contribution in [-0.2, 0) is 9.53 Å². The molecule has 1 atom stereocenters. The Labute approximate surface area is 148 Å². The van der Waals surface area contributed by atoms with Gasteiger partial charge in [-0.25, -0.2) is 9.59 Å². The number of nitrogens with one attached hydrogen (secondary N) is 1. The van der Waals surface area contributed by atoms with Gasteiger partial charge in [-0.2, -0.15) is 0 Å². The molecule has 1 unspecified atom stereocenters. The zero-order chi connectivity index (χ0) is 18.7. The van der Waals surface area contributed by atoms with Gasteiger partial charge in [0.2, 0.25) is 0 Å². The van der Waals surface area contributed by atoms with Gasteiger partial charge in [0.25, 0.3) is 5.69 Å². The number of rotatable bonds is 5. The Morgan fingerprint density at radius 1 is 1.56 bits per heavy atom. The molecule has 0 aromatic heterocycles. The second kappa shape index (κ2) is 7.35. The molecule has 0 aliphatic carbocycles. The second-order valence-corrected chi connectivity index (χ2v) is 5.65. The molecule has 2 amide bonds. The summed E-state index contributed by atoms with van der Waals surface area (Å²) >= 11 is 5.83. The fraction of sp³-hybridized carbons (Fsp3) is 0.250. The average Bonchev–Trinajstić information content (AvgIpc) is 2.57. The number of carbonyl (C=O) groups excluding carboxylic acids is 2. The number of methoxy groups -OCH3 is 1. The molecule has 0 bridgehead atoms. The predicted molar refractivity (Wildman–Crippen MR) is 91.0 cm³/mol. The van der Waals surface area contributed by atoms with Crippen molar-refractivity contribution in [2.45, 2.75) is 13.0 Å². The zero-order valence-corrected chi connectivity index (χ0v) is 14.4. The van der Waals surface area contributed by atoms with E-state index in [2.05, 4.69) is 11.9 Å². The van der Waals surface area contributed by atoms with Gasteiger partial charge in [-0.1, -0.05) is 23.7 Å². The lowest BCUT2D eigenvalue weighted by Crippen LogP contribution is -2.48. The van der Waals surface area contributed by atoms with Gasteiger partial charge in [-0.3, -0.25) is 15.0 Å². The van der Waals surface area contributed by atoms with Crippen LogP contribution in [0, 0.1) is 10.1 Å². The third-order valence-electron chi connectivity index (χ3n) is 3.81. The van der Waals surface area contributed by atoms with Crippen molar-refractivity contribution in [2.24, 2.45) is 0 Å². The van der Waals surface area contributed by atoms with Crippen LogP contribution in [0.2, 0.25) is 5.02 Å². The van der Waals surface area contributed by atoms with Crippen molar-refractivity contribution in [2.75, 3.05) is 13.7 Å². The lowest BCUT2D eigenvalue weighted by atomic mass is 9.94. The molecular weight excluding hydrogens is 350 g/mol. The number of amides is 2. The first-order valence-corrected chi connectivity index (χ1v) is 7.61. The summed E-state index contributed by atoms with van der Waals surface area (Å²) in [7, 11) is 1.22. The number of carbonyl (C=O) groups is 2. The number of benzene rings is 1. The fourth-order valence-electron chi connectivity index (χ4n) is 2.60. The van der Waals surface area contributed by atoms with Crippen molar-refractivity contribution in [3.63, 3.8) is 0 Å².